The molecule has 0 aliphatic rings. The summed E-state index contributed by atoms with van der Waals surface area (Å²) in [5.74, 6) is -2.09. The molecule has 2 unspecified atom stereocenters. The summed E-state index contributed by atoms with van der Waals surface area (Å²) in [5, 5.41) is 11.2. The Bertz CT molecular complexity index is 525. The molecule has 1 amide bonds. The van der Waals surface area contributed by atoms with E-state index in [1.54, 1.807) is 0 Å². The van der Waals surface area contributed by atoms with E-state index >= 15 is 0 Å². The normalized spacial score (nSPS) is 13.3. The molecule has 0 aliphatic carbocycles. The number of hydrogen-bond donors (Lipinski definition) is 2. The summed E-state index contributed by atoms with van der Waals surface area (Å²) in [6.45, 7) is 1.26. The van der Waals surface area contributed by atoms with Gasteiger partial charge >= 0.3 is 5.97 Å². The molecule has 0 fully saturated rings. The van der Waals surface area contributed by atoms with Crippen LogP contribution in [0.1, 0.15) is 6.92 Å². The van der Waals surface area contributed by atoms with Gasteiger partial charge in [-0.2, -0.15) is 0 Å². The van der Waals surface area contributed by atoms with Crippen LogP contribution in [0, 0.1) is 5.82 Å². The number of halogens is 2. The lowest BCUT2D eigenvalue weighted by molar-refractivity contribution is -0.148. The number of rotatable bonds is 7. The van der Waals surface area contributed by atoms with Gasteiger partial charge in [-0.15, -0.1) is 0 Å². The predicted octanol–water partition coefficient (Wildman–Crippen LogP) is 1.46. The van der Waals surface area contributed by atoms with Crippen molar-refractivity contribution in [3.63, 3.8) is 0 Å². The van der Waals surface area contributed by atoms with E-state index in [1.165, 1.54) is 20.1 Å². The van der Waals surface area contributed by atoms with E-state index in [0.717, 1.165) is 12.1 Å². The zero-order valence-corrected chi connectivity index (χ0v) is 12.2. The van der Waals surface area contributed by atoms with Crippen LogP contribution in [-0.4, -0.2) is 42.8 Å². The molecule has 8 heteroatoms. The van der Waals surface area contributed by atoms with E-state index in [2.05, 4.69) is 10.1 Å². The standard InChI is InChI=1S/C13H15ClFNO5/c1-7(12(17)16-6-11(20-2)13(18)19)21-10-4-3-8(15)5-9(10)14/h3-5,7,11H,6H2,1-2H3,(H,16,17)(H,18,19). The second-order valence-corrected chi connectivity index (χ2v) is 4.55. The summed E-state index contributed by atoms with van der Waals surface area (Å²) in [7, 11) is 1.23. The first-order chi connectivity index (χ1) is 9.85. The van der Waals surface area contributed by atoms with Crippen molar-refractivity contribution in [3.05, 3.63) is 29.0 Å². The Balaban J connectivity index is 2.56. The number of amides is 1. The van der Waals surface area contributed by atoms with Crippen molar-refractivity contribution in [3.8, 4) is 5.75 Å². The van der Waals surface area contributed by atoms with Gasteiger partial charge in [0.1, 0.15) is 11.6 Å². The minimum atomic E-state index is -1.19. The number of nitrogens with one attached hydrogen (secondary N) is 1. The molecule has 116 valence electrons. The van der Waals surface area contributed by atoms with Gasteiger partial charge in [-0.25, -0.2) is 9.18 Å². The highest BCUT2D eigenvalue weighted by Gasteiger charge is 2.21. The monoisotopic (exact) mass is 319 g/mol. The zero-order chi connectivity index (χ0) is 16.0. The van der Waals surface area contributed by atoms with Crippen molar-refractivity contribution >= 4 is 23.5 Å². The lowest BCUT2D eigenvalue weighted by Crippen LogP contribution is -2.43. The number of hydrogen-bond acceptors (Lipinski definition) is 4. The average Bonchev–Trinajstić information content (AvgIpc) is 2.41. The Morgan fingerprint density at radius 1 is 1.48 bits per heavy atom. The van der Waals surface area contributed by atoms with Crippen LogP contribution < -0.4 is 10.1 Å². The van der Waals surface area contributed by atoms with Gasteiger partial charge in [-0.1, -0.05) is 11.6 Å². The number of aliphatic carboxylic acids is 1. The summed E-state index contributed by atoms with van der Waals surface area (Å²) in [5.41, 5.74) is 0. The number of ether oxygens (including phenoxy) is 2. The third kappa shape index (κ3) is 5.20. The van der Waals surface area contributed by atoms with Crippen LogP contribution in [0.4, 0.5) is 4.39 Å². The Morgan fingerprint density at radius 3 is 2.67 bits per heavy atom. The maximum Gasteiger partial charge on any atom is 0.334 e. The van der Waals surface area contributed by atoms with Gasteiger partial charge in [0, 0.05) is 7.11 Å². The molecule has 6 nitrogen and oxygen atoms in total. The smallest absolute Gasteiger partial charge is 0.334 e. The molecule has 1 aromatic rings. The van der Waals surface area contributed by atoms with E-state index in [-0.39, 0.29) is 17.3 Å². The topological polar surface area (TPSA) is 84.9 Å². The minimum absolute atomic E-state index is 0.0370. The molecule has 0 bridgehead atoms. The van der Waals surface area contributed by atoms with Gasteiger partial charge in [-0.3, -0.25) is 4.79 Å². The summed E-state index contributed by atoms with van der Waals surface area (Å²) in [4.78, 5) is 22.5. The fraction of sp³-hybridized carbons (Fsp3) is 0.385. The van der Waals surface area contributed by atoms with Crippen molar-refractivity contribution in [1.29, 1.82) is 0 Å². The van der Waals surface area contributed by atoms with E-state index in [0.29, 0.717) is 0 Å². The Kier molecular flexibility index (Phi) is 6.39. The van der Waals surface area contributed by atoms with Crippen LogP contribution in [0.25, 0.3) is 0 Å². The van der Waals surface area contributed by atoms with Gasteiger partial charge in [0.25, 0.3) is 5.91 Å². The SMILES string of the molecule is COC(CNC(=O)C(C)Oc1ccc(F)cc1Cl)C(=O)O. The minimum Gasteiger partial charge on any atom is -0.479 e. The molecule has 0 saturated heterocycles. The Morgan fingerprint density at radius 2 is 2.14 bits per heavy atom. The van der Waals surface area contributed by atoms with Crippen molar-refractivity contribution in [2.45, 2.75) is 19.1 Å². The second kappa shape index (κ2) is 7.80. The predicted molar refractivity (Wildman–Crippen MR) is 72.9 cm³/mol. The molecular formula is C13H15ClFNO5. The summed E-state index contributed by atoms with van der Waals surface area (Å²) in [6.07, 6.45) is -2.07. The molecule has 0 aromatic heterocycles. The number of carbonyl (C=O) groups is 2. The van der Waals surface area contributed by atoms with Crippen LogP contribution in [0.3, 0.4) is 0 Å². The highest BCUT2D eigenvalue weighted by atomic mass is 35.5. The molecule has 1 aromatic carbocycles. The lowest BCUT2D eigenvalue weighted by atomic mass is 10.3. The third-order valence-corrected chi connectivity index (χ3v) is 2.88. The quantitative estimate of drug-likeness (QED) is 0.795. The van der Waals surface area contributed by atoms with Crippen LogP contribution in [0.15, 0.2) is 18.2 Å². The van der Waals surface area contributed by atoms with Crippen molar-refractivity contribution in [2.24, 2.45) is 0 Å². The van der Waals surface area contributed by atoms with Crippen molar-refractivity contribution < 1.29 is 28.6 Å². The van der Waals surface area contributed by atoms with Crippen LogP contribution in [0.5, 0.6) is 5.75 Å². The van der Waals surface area contributed by atoms with Gasteiger partial charge in [0.15, 0.2) is 12.2 Å². The van der Waals surface area contributed by atoms with Crippen molar-refractivity contribution in [2.75, 3.05) is 13.7 Å². The highest BCUT2D eigenvalue weighted by Crippen LogP contribution is 2.25. The molecule has 2 atom stereocenters. The van der Waals surface area contributed by atoms with Crippen molar-refractivity contribution in [1.82, 2.24) is 5.32 Å². The highest BCUT2D eigenvalue weighted by molar-refractivity contribution is 6.32. The van der Waals surface area contributed by atoms with Crippen LogP contribution >= 0.6 is 11.6 Å². The Hall–Kier alpha value is -1.86. The molecule has 0 aliphatic heterocycles. The first kappa shape index (κ1) is 17.2. The number of benzene rings is 1. The van der Waals surface area contributed by atoms with E-state index in [1.807, 2.05) is 0 Å². The molecule has 2 N–H and O–H groups in total. The molecule has 0 radical (unpaired) electrons. The fourth-order valence-corrected chi connectivity index (χ4v) is 1.64. The Labute approximate surface area is 125 Å². The maximum absolute atomic E-state index is 12.9. The van der Waals surface area contributed by atoms with Crippen LogP contribution in [0.2, 0.25) is 5.02 Å². The molecule has 1 rings (SSSR count). The largest absolute Gasteiger partial charge is 0.479 e. The van der Waals surface area contributed by atoms with Gasteiger partial charge in [0.2, 0.25) is 0 Å². The van der Waals surface area contributed by atoms with E-state index < -0.39 is 29.9 Å². The first-order valence-corrected chi connectivity index (χ1v) is 6.38. The summed E-state index contributed by atoms with van der Waals surface area (Å²) in [6, 6.07) is 3.51. The lowest BCUT2D eigenvalue weighted by Gasteiger charge is -2.17. The average molecular weight is 320 g/mol. The zero-order valence-electron chi connectivity index (χ0n) is 11.4. The summed E-state index contributed by atoms with van der Waals surface area (Å²) >= 11 is 5.78. The van der Waals surface area contributed by atoms with Gasteiger partial charge < -0.3 is 19.9 Å². The van der Waals surface area contributed by atoms with Gasteiger partial charge in [-0.05, 0) is 25.1 Å². The van der Waals surface area contributed by atoms with E-state index in [4.69, 9.17) is 21.4 Å². The number of carboxylic acid groups (broad SMARTS) is 1. The number of methoxy groups -OCH3 is 1. The third-order valence-electron chi connectivity index (χ3n) is 2.59. The number of carbonyl (C=O) groups excluding carboxylic acids is 1. The summed E-state index contributed by atoms with van der Waals surface area (Å²) < 4.78 is 22.8. The first-order valence-electron chi connectivity index (χ1n) is 6.00. The fourth-order valence-electron chi connectivity index (χ4n) is 1.42. The second-order valence-electron chi connectivity index (χ2n) is 4.14. The molecule has 21 heavy (non-hydrogen) atoms. The van der Waals surface area contributed by atoms with Gasteiger partial charge in [0.05, 0.1) is 11.6 Å². The van der Waals surface area contributed by atoms with E-state index in [9.17, 15) is 14.0 Å². The number of carboxylic acids is 1. The molecular weight excluding hydrogens is 305 g/mol. The molecule has 0 saturated carbocycles. The molecule has 0 spiro atoms. The molecule has 0 heterocycles. The van der Waals surface area contributed by atoms with Crippen LogP contribution in [-0.2, 0) is 14.3 Å². The maximum atomic E-state index is 12.9.